The molecule has 0 aliphatic rings. The Morgan fingerprint density at radius 3 is 2.15 bits per heavy atom. The van der Waals surface area contributed by atoms with Gasteiger partial charge < -0.3 is 14.8 Å². The van der Waals surface area contributed by atoms with Crippen molar-refractivity contribution in [1.29, 1.82) is 0 Å². The first-order chi connectivity index (χ1) is 12.2. The van der Waals surface area contributed by atoms with E-state index in [-0.39, 0.29) is 6.54 Å². The number of hydrogen-bond donors (Lipinski definition) is 1. The molecule has 0 aromatic heterocycles. The normalized spacial score (nSPS) is 10.9. The van der Waals surface area contributed by atoms with Gasteiger partial charge in [0.2, 0.25) is 15.9 Å². The van der Waals surface area contributed by atoms with Crippen molar-refractivity contribution in [3.8, 4) is 11.5 Å². The molecule has 0 aliphatic carbocycles. The standard InChI is InChI=1S/C18H22N2O5S/c1-13-7-5-6-8-17(13)20(26(4,22)23)12-18(21)19-14-9-15(24-2)11-16(10-14)25-3/h5-11H,12H2,1-4H3,(H,19,21). The van der Waals surface area contributed by atoms with E-state index < -0.39 is 15.9 Å². The van der Waals surface area contributed by atoms with E-state index in [4.69, 9.17) is 9.47 Å². The lowest BCUT2D eigenvalue weighted by Gasteiger charge is -2.23. The first kappa shape index (κ1) is 19.6. The average molecular weight is 378 g/mol. The fraction of sp³-hybridized carbons (Fsp3) is 0.278. The summed E-state index contributed by atoms with van der Waals surface area (Å²) < 4.78 is 35.8. The molecule has 7 nitrogen and oxygen atoms in total. The van der Waals surface area contributed by atoms with Crippen LogP contribution in [0.15, 0.2) is 42.5 Å². The number of anilines is 2. The maximum atomic E-state index is 12.5. The van der Waals surface area contributed by atoms with Crippen LogP contribution in [-0.4, -0.2) is 41.3 Å². The molecule has 140 valence electrons. The van der Waals surface area contributed by atoms with E-state index in [1.807, 2.05) is 6.07 Å². The first-order valence-electron chi connectivity index (χ1n) is 7.81. The van der Waals surface area contributed by atoms with Crippen LogP contribution in [0, 0.1) is 6.92 Å². The predicted octanol–water partition coefficient (Wildman–Crippen LogP) is 2.42. The van der Waals surface area contributed by atoms with Crippen LogP contribution < -0.4 is 19.1 Å². The Hall–Kier alpha value is -2.74. The van der Waals surface area contributed by atoms with E-state index in [2.05, 4.69) is 5.32 Å². The van der Waals surface area contributed by atoms with Gasteiger partial charge in [-0.3, -0.25) is 9.10 Å². The van der Waals surface area contributed by atoms with E-state index in [9.17, 15) is 13.2 Å². The molecule has 0 fully saturated rings. The molecule has 2 rings (SSSR count). The summed E-state index contributed by atoms with van der Waals surface area (Å²) in [6.45, 7) is 1.45. The van der Waals surface area contributed by atoms with Gasteiger partial charge in [0.1, 0.15) is 18.0 Å². The Morgan fingerprint density at radius 2 is 1.65 bits per heavy atom. The summed E-state index contributed by atoms with van der Waals surface area (Å²) in [6, 6.07) is 11.9. The van der Waals surface area contributed by atoms with Gasteiger partial charge in [-0.25, -0.2) is 8.42 Å². The molecular weight excluding hydrogens is 356 g/mol. The number of benzene rings is 2. The molecule has 2 aromatic rings. The lowest BCUT2D eigenvalue weighted by molar-refractivity contribution is -0.114. The zero-order valence-electron chi connectivity index (χ0n) is 15.1. The lowest BCUT2D eigenvalue weighted by atomic mass is 10.2. The molecule has 0 saturated heterocycles. The second-order valence-corrected chi connectivity index (χ2v) is 7.61. The maximum Gasteiger partial charge on any atom is 0.245 e. The third-order valence-corrected chi connectivity index (χ3v) is 4.83. The largest absolute Gasteiger partial charge is 0.497 e. The van der Waals surface area contributed by atoms with Gasteiger partial charge in [0, 0.05) is 23.9 Å². The van der Waals surface area contributed by atoms with Crippen molar-refractivity contribution in [2.24, 2.45) is 0 Å². The molecule has 0 radical (unpaired) electrons. The van der Waals surface area contributed by atoms with E-state index in [0.29, 0.717) is 22.9 Å². The summed E-state index contributed by atoms with van der Waals surface area (Å²) in [4.78, 5) is 12.5. The lowest BCUT2D eigenvalue weighted by Crippen LogP contribution is -2.37. The summed E-state index contributed by atoms with van der Waals surface area (Å²) in [5, 5.41) is 2.68. The van der Waals surface area contributed by atoms with Crippen LogP contribution in [-0.2, 0) is 14.8 Å². The van der Waals surface area contributed by atoms with Crippen LogP contribution >= 0.6 is 0 Å². The molecule has 0 atom stereocenters. The van der Waals surface area contributed by atoms with Gasteiger partial charge in [0.15, 0.2) is 0 Å². The Labute approximate surface area is 153 Å². The number of aryl methyl sites for hydroxylation is 1. The van der Waals surface area contributed by atoms with Gasteiger partial charge in [-0.1, -0.05) is 18.2 Å². The number of amides is 1. The molecule has 1 amide bonds. The zero-order valence-corrected chi connectivity index (χ0v) is 16.0. The highest BCUT2D eigenvalue weighted by Crippen LogP contribution is 2.26. The minimum absolute atomic E-state index is 0.344. The second-order valence-electron chi connectivity index (χ2n) is 5.71. The quantitative estimate of drug-likeness (QED) is 0.800. The fourth-order valence-corrected chi connectivity index (χ4v) is 3.35. The second kappa shape index (κ2) is 8.09. The first-order valence-corrected chi connectivity index (χ1v) is 9.65. The number of hydrogen-bond acceptors (Lipinski definition) is 5. The van der Waals surface area contributed by atoms with Crippen molar-refractivity contribution < 1.29 is 22.7 Å². The van der Waals surface area contributed by atoms with E-state index >= 15 is 0 Å². The molecule has 0 aliphatic heterocycles. The minimum Gasteiger partial charge on any atom is -0.497 e. The number of sulfonamides is 1. The number of rotatable bonds is 7. The molecule has 26 heavy (non-hydrogen) atoms. The Morgan fingerprint density at radius 1 is 1.08 bits per heavy atom. The summed E-state index contributed by atoms with van der Waals surface area (Å²) in [5.41, 5.74) is 1.67. The van der Waals surface area contributed by atoms with Crippen LogP contribution in [0.4, 0.5) is 11.4 Å². The van der Waals surface area contributed by atoms with Crippen molar-refractivity contribution in [2.45, 2.75) is 6.92 Å². The van der Waals surface area contributed by atoms with Gasteiger partial charge in [0.25, 0.3) is 0 Å². The topological polar surface area (TPSA) is 84.9 Å². The summed E-state index contributed by atoms with van der Waals surface area (Å²) in [7, 11) is -0.623. The van der Waals surface area contributed by atoms with Gasteiger partial charge in [0.05, 0.1) is 26.2 Å². The maximum absolute atomic E-state index is 12.5. The summed E-state index contributed by atoms with van der Waals surface area (Å²) in [6.07, 6.45) is 1.07. The van der Waals surface area contributed by atoms with Crippen LogP contribution in [0.2, 0.25) is 0 Å². The Bertz CT molecular complexity index is 874. The van der Waals surface area contributed by atoms with Crippen LogP contribution in [0.3, 0.4) is 0 Å². The minimum atomic E-state index is -3.63. The van der Waals surface area contributed by atoms with Crippen molar-refractivity contribution in [2.75, 3.05) is 36.6 Å². The highest BCUT2D eigenvalue weighted by atomic mass is 32.2. The van der Waals surface area contributed by atoms with Crippen molar-refractivity contribution >= 4 is 27.3 Å². The highest BCUT2D eigenvalue weighted by Gasteiger charge is 2.22. The number of carbonyl (C=O) groups excluding carboxylic acids is 1. The van der Waals surface area contributed by atoms with E-state index in [1.54, 1.807) is 43.3 Å². The number of methoxy groups -OCH3 is 2. The van der Waals surface area contributed by atoms with Gasteiger partial charge in [-0.05, 0) is 18.6 Å². The van der Waals surface area contributed by atoms with E-state index in [0.717, 1.165) is 16.1 Å². The molecule has 2 aromatic carbocycles. The number of nitrogens with zero attached hydrogens (tertiary/aromatic N) is 1. The SMILES string of the molecule is COc1cc(NC(=O)CN(c2ccccc2C)S(C)(=O)=O)cc(OC)c1. The highest BCUT2D eigenvalue weighted by molar-refractivity contribution is 7.92. The molecule has 1 N–H and O–H groups in total. The number of ether oxygens (including phenoxy) is 2. The number of para-hydroxylation sites is 1. The monoisotopic (exact) mass is 378 g/mol. The third-order valence-electron chi connectivity index (χ3n) is 3.71. The van der Waals surface area contributed by atoms with Crippen molar-refractivity contribution in [1.82, 2.24) is 0 Å². The molecule has 0 spiro atoms. The predicted molar refractivity (Wildman–Crippen MR) is 102 cm³/mol. The van der Waals surface area contributed by atoms with Gasteiger partial charge in [-0.2, -0.15) is 0 Å². The zero-order chi connectivity index (χ0) is 19.3. The average Bonchev–Trinajstić information content (AvgIpc) is 2.59. The molecule has 0 bridgehead atoms. The van der Waals surface area contributed by atoms with Crippen LogP contribution in [0.25, 0.3) is 0 Å². The molecule has 0 saturated carbocycles. The van der Waals surface area contributed by atoms with E-state index in [1.165, 1.54) is 14.2 Å². The summed E-state index contributed by atoms with van der Waals surface area (Å²) in [5.74, 6) is 0.547. The van der Waals surface area contributed by atoms with Crippen LogP contribution in [0.1, 0.15) is 5.56 Å². The number of nitrogens with one attached hydrogen (secondary N) is 1. The Kier molecular flexibility index (Phi) is 6.10. The van der Waals surface area contributed by atoms with Gasteiger partial charge >= 0.3 is 0 Å². The molecular formula is C18H22N2O5S. The molecule has 8 heteroatoms. The molecule has 0 unspecified atom stereocenters. The third kappa shape index (κ3) is 4.89. The summed E-state index contributed by atoms with van der Waals surface area (Å²) >= 11 is 0. The van der Waals surface area contributed by atoms with Crippen molar-refractivity contribution in [3.63, 3.8) is 0 Å². The van der Waals surface area contributed by atoms with Crippen LogP contribution in [0.5, 0.6) is 11.5 Å². The Balaban J connectivity index is 2.25. The van der Waals surface area contributed by atoms with Gasteiger partial charge in [-0.15, -0.1) is 0 Å². The smallest absolute Gasteiger partial charge is 0.245 e. The number of carbonyl (C=O) groups is 1. The molecule has 0 heterocycles. The fourth-order valence-electron chi connectivity index (χ4n) is 2.43. The van der Waals surface area contributed by atoms with Crippen molar-refractivity contribution in [3.05, 3.63) is 48.0 Å².